The molecule has 2 atom stereocenters. The zero-order chi connectivity index (χ0) is 18.6. The minimum atomic E-state index is -0.639. The van der Waals surface area contributed by atoms with Crippen molar-refractivity contribution in [3.8, 4) is 5.75 Å². The van der Waals surface area contributed by atoms with Crippen LogP contribution < -0.4 is 21.5 Å². The first-order chi connectivity index (χ1) is 11.8. The van der Waals surface area contributed by atoms with Gasteiger partial charge in [-0.25, -0.2) is 0 Å². The Kier molecular flexibility index (Phi) is 6.97. The third-order valence-corrected chi connectivity index (χ3v) is 4.93. The number of nitrogens with two attached hydrogens (primary N) is 2. The Bertz CT molecular complexity index is 700. The van der Waals surface area contributed by atoms with Crippen LogP contribution >= 0.6 is 43.5 Å². The predicted octanol–water partition coefficient (Wildman–Crippen LogP) is 2.30. The van der Waals surface area contributed by atoms with Gasteiger partial charge in [-0.15, -0.1) is 11.6 Å². The summed E-state index contributed by atoms with van der Waals surface area (Å²) in [7, 11) is 1.57. The second-order valence-electron chi connectivity index (χ2n) is 5.15. The van der Waals surface area contributed by atoms with Gasteiger partial charge in [0, 0.05) is 6.54 Å². The fourth-order valence-corrected chi connectivity index (χ4v) is 3.92. The van der Waals surface area contributed by atoms with Crippen LogP contribution in [0.5, 0.6) is 5.75 Å². The van der Waals surface area contributed by atoms with Gasteiger partial charge in [-0.3, -0.25) is 9.79 Å². The van der Waals surface area contributed by atoms with Gasteiger partial charge >= 0.3 is 0 Å². The Morgan fingerprint density at radius 3 is 2.68 bits per heavy atom. The maximum Gasteiger partial charge on any atom is 0.289 e. The summed E-state index contributed by atoms with van der Waals surface area (Å²) in [5.74, 6) is 0.510. The molecule has 0 spiro atoms. The highest BCUT2D eigenvalue weighted by molar-refractivity contribution is 9.11. The molecule has 7 nitrogen and oxygen atoms in total. The van der Waals surface area contributed by atoms with Gasteiger partial charge in [0.25, 0.3) is 5.91 Å². The van der Waals surface area contributed by atoms with Crippen LogP contribution in [0.15, 0.2) is 31.8 Å². The second kappa shape index (κ2) is 8.77. The molecule has 1 heterocycles. The number of ether oxygens (including phenoxy) is 2. The summed E-state index contributed by atoms with van der Waals surface area (Å²) in [6.45, 7) is 0.351. The van der Waals surface area contributed by atoms with E-state index in [1.165, 1.54) is 0 Å². The van der Waals surface area contributed by atoms with E-state index in [1.54, 1.807) is 13.2 Å². The molecule has 0 radical (unpaired) electrons. The highest BCUT2D eigenvalue weighted by atomic mass is 79.9. The maximum absolute atomic E-state index is 12.1. The first-order valence-electron chi connectivity index (χ1n) is 7.23. The Balaban J connectivity index is 2.09. The SMILES string of the molecule is COc1c(Br)cc(/C=C2\O[C@@H]([C@@H](Cl)CCN=C(N)N)NC2=O)cc1Br. The molecular formula is C15H17Br2ClN4O3. The van der Waals surface area contributed by atoms with E-state index in [1.807, 2.05) is 12.1 Å². The lowest BCUT2D eigenvalue weighted by molar-refractivity contribution is -0.116. The summed E-state index contributed by atoms with van der Waals surface area (Å²) < 4.78 is 12.4. The van der Waals surface area contributed by atoms with E-state index < -0.39 is 11.6 Å². The van der Waals surface area contributed by atoms with Crippen molar-refractivity contribution < 1.29 is 14.3 Å². The Morgan fingerprint density at radius 1 is 1.48 bits per heavy atom. The number of amides is 1. The second-order valence-corrected chi connectivity index (χ2v) is 7.42. The number of hydrogen-bond donors (Lipinski definition) is 3. The number of benzene rings is 1. The van der Waals surface area contributed by atoms with Gasteiger partial charge in [0.2, 0.25) is 0 Å². The first-order valence-corrected chi connectivity index (χ1v) is 9.25. The van der Waals surface area contributed by atoms with Crippen LogP contribution in [-0.4, -0.2) is 37.1 Å². The van der Waals surface area contributed by atoms with Gasteiger partial charge in [-0.05, 0) is 62.1 Å². The fourth-order valence-electron chi connectivity index (χ4n) is 2.16. The molecule has 1 aromatic rings. The van der Waals surface area contributed by atoms with Crippen molar-refractivity contribution in [1.82, 2.24) is 5.32 Å². The van der Waals surface area contributed by atoms with Crippen LogP contribution in [0.25, 0.3) is 6.08 Å². The number of hydrogen-bond acceptors (Lipinski definition) is 4. The van der Waals surface area contributed by atoms with Crippen molar-refractivity contribution in [3.63, 3.8) is 0 Å². The number of rotatable bonds is 6. The molecule has 0 aliphatic carbocycles. The standard InChI is InChI=1S/C15H17Br2ClN4O3/c1-24-12-8(16)4-7(5-9(12)17)6-11-13(23)22-14(25-11)10(18)2-3-21-15(19)20/h4-6,10,14H,2-3H2,1H3,(H,22,23)(H4,19,20,21)/b11-6-/t10-,14-/m0/s1. The molecule has 1 fully saturated rings. The Labute approximate surface area is 167 Å². The lowest BCUT2D eigenvalue weighted by Crippen LogP contribution is -2.35. The maximum atomic E-state index is 12.1. The number of carbonyl (C=O) groups excluding carboxylic acids is 1. The molecule has 5 N–H and O–H groups in total. The third-order valence-electron chi connectivity index (χ3n) is 3.30. The normalized spacial score (nSPS) is 19.3. The lowest BCUT2D eigenvalue weighted by atomic mass is 10.2. The van der Waals surface area contributed by atoms with Gasteiger partial charge in [0.15, 0.2) is 17.9 Å². The number of nitrogens with zero attached hydrogens (tertiary/aromatic N) is 1. The Morgan fingerprint density at radius 2 is 2.12 bits per heavy atom. The summed E-state index contributed by atoms with van der Waals surface area (Å²) in [6, 6.07) is 3.63. The molecule has 136 valence electrons. The monoisotopic (exact) mass is 494 g/mol. The van der Waals surface area contributed by atoms with Crippen molar-refractivity contribution in [1.29, 1.82) is 0 Å². The van der Waals surface area contributed by atoms with Crippen LogP contribution in [0, 0.1) is 0 Å². The Hall–Kier alpha value is -1.45. The van der Waals surface area contributed by atoms with E-state index in [2.05, 4.69) is 42.2 Å². The molecule has 25 heavy (non-hydrogen) atoms. The molecule has 10 heteroatoms. The van der Waals surface area contributed by atoms with Crippen LogP contribution in [0.4, 0.5) is 0 Å². The average Bonchev–Trinajstić information content (AvgIpc) is 2.87. The van der Waals surface area contributed by atoms with E-state index in [4.69, 9.17) is 32.5 Å². The topological polar surface area (TPSA) is 112 Å². The molecule has 0 unspecified atom stereocenters. The molecule has 2 rings (SSSR count). The number of nitrogens with one attached hydrogen (secondary N) is 1. The zero-order valence-electron chi connectivity index (χ0n) is 13.3. The molecule has 1 amide bonds. The van der Waals surface area contributed by atoms with Crippen LogP contribution in [0.1, 0.15) is 12.0 Å². The van der Waals surface area contributed by atoms with Crippen LogP contribution in [0.3, 0.4) is 0 Å². The summed E-state index contributed by atoms with van der Waals surface area (Å²) in [5, 5.41) is 2.23. The fraction of sp³-hybridized carbons (Fsp3) is 0.333. The summed E-state index contributed by atoms with van der Waals surface area (Å²) in [5.41, 5.74) is 11.3. The van der Waals surface area contributed by atoms with E-state index in [0.717, 1.165) is 14.5 Å². The third kappa shape index (κ3) is 5.26. The largest absolute Gasteiger partial charge is 0.494 e. The minimum Gasteiger partial charge on any atom is -0.494 e. The van der Waals surface area contributed by atoms with Crippen molar-refractivity contribution >= 4 is 61.4 Å². The molecule has 1 aliphatic rings. The molecule has 0 aromatic heterocycles. The molecule has 0 saturated carbocycles. The highest BCUT2D eigenvalue weighted by Crippen LogP contribution is 2.35. The quantitative estimate of drug-likeness (QED) is 0.242. The summed E-state index contributed by atoms with van der Waals surface area (Å²) in [4.78, 5) is 15.9. The molecular weight excluding hydrogens is 479 g/mol. The van der Waals surface area contributed by atoms with Gasteiger partial charge in [0.05, 0.1) is 21.4 Å². The van der Waals surface area contributed by atoms with Gasteiger partial charge in [-0.2, -0.15) is 0 Å². The minimum absolute atomic E-state index is 0.00325. The van der Waals surface area contributed by atoms with Gasteiger partial charge in [0.1, 0.15) is 5.75 Å². The smallest absolute Gasteiger partial charge is 0.289 e. The highest BCUT2D eigenvalue weighted by Gasteiger charge is 2.33. The van der Waals surface area contributed by atoms with Crippen molar-refractivity contribution in [2.75, 3.05) is 13.7 Å². The molecule has 1 saturated heterocycles. The van der Waals surface area contributed by atoms with Crippen molar-refractivity contribution in [3.05, 3.63) is 32.4 Å². The van der Waals surface area contributed by atoms with E-state index >= 15 is 0 Å². The van der Waals surface area contributed by atoms with E-state index in [9.17, 15) is 4.79 Å². The van der Waals surface area contributed by atoms with E-state index in [0.29, 0.717) is 18.7 Å². The number of halogens is 3. The van der Waals surface area contributed by atoms with Crippen LogP contribution in [-0.2, 0) is 9.53 Å². The number of alkyl halides is 1. The number of methoxy groups -OCH3 is 1. The molecule has 0 bridgehead atoms. The van der Waals surface area contributed by atoms with Crippen LogP contribution in [0.2, 0.25) is 0 Å². The first kappa shape index (κ1) is 19.9. The van der Waals surface area contributed by atoms with Gasteiger partial charge in [-0.1, -0.05) is 0 Å². The lowest BCUT2D eigenvalue weighted by Gasteiger charge is -2.15. The molecule has 1 aromatic carbocycles. The van der Waals surface area contributed by atoms with Crippen molar-refractivity contribution in [2.24, 2.45) is 16.5 Å². The van der Waals surface area contributed by atoms with Gasteiger partial charge < -0.3 is 26.3 Å². The summed E-state index contributed by atoms with van der Waals surface area (Å²) >= 11 is 13.1. The predicted molar refractivity (Wildman–Crippen MR) is 104 cm³/mol. The summed E-state index contributed by atoms with van der Waals surface area (Å²) in [6.07, 6.45) is 1.45. The zero-order valence-corrected chi connectivity index (χ0v) is 17.2. The number of carbonyl (C=O) groups is 1. The number of aliphatic imine (C=N–C) groups is 1. The number of guanidine groups is 1. The molecule has 1 aliphatic heterocycles. The average molecular weight is 497 g/mol. The van der Waals surface area contributed by atoms with Crippen molar-refractivity contribution in [2.45, 2.75) is 18.0 Å². The van der Waals surface area contributed by atoms with E-state index in [-0.39, 0.29) is 17.6 Å².